The monoisotopic (exact) mass is 210 g/mol. The van der Waals surface area contributed by atoms with Crippen LogP contribution in [0.3, 0.4) is 0 Å². The van der Waals surface area contributed by atoms with E-state index in [4.69, 9.17) is 19.2 Å². The SMILES string of the molecule is O=P([O-])([O-])[O-].[F-].[F-].[F-].[Li+].[V]. The van der Waals surface area contributed by atoms with Crippen molar-refractivity contribution in [2.24, 2.45) is 0 Å². The molecule has 0 aromatic rings. The van der Waals surface area contributed by atoms with Gasteiger partial charge in [0.15, 0.2) is 0 Å². The molecule has 0 heterocycles. The Hall–Kier alpha value is 1.08. The van der Waals surface area contributed by atoms with Crippen molar-refractivity contribution in [3.8, 4) is 0 Å². The van der Waals surface area contributed by atoms with Crippen LogP contribution in [0.4, 0.5) is 0 Å². The smallest absolute Gasteiger partial charge is 1.00 e. The molecule has 0 aliphatic heterocycles. The Kier molecular flexibility index (Phi) is 72.3. The Bertz CT molecular complexity index is 66.6. The Labute approximate surface area is 78.8 Å². The third kappa shape index (κ3) is 507. The van der Waals surface area contributed by atoms with E-state index >= 15 is 0 Å². The van der Waals surface area contributed by atoms with Crippen LogP contribution in [0.1, 0.15) is 0 Å². The summed E-state index contributed by atoms with van der Waals surface area (Å²) in [4.78, 5) is 25.6. The molecular weight excluding hydrogens is 210 g/mol. The van der Waals surface area contributed by atoms with Crippen molar-refractivity contribution in [2.75, 3.05) is 0 Å². The van der Waals surface area contributed by atoms with Crippen LogP contribution < -0.4 is 47.7 Å². The molecule has 61 valence electrons. The van der Waals surface area contributed by atoms with Gasteiger partial charge in [0.2, 0.25) is 0 Å². The van der Waals surface area contributed by atoms with Crippen LogP contribution in [0.15, 0.2) is 0 Å². The molecule has 10 heavy (non-hydrogen) atoms. The normalized spacial score (nSPS) is 5.90. The summed E-state index contributed by atoms with van der Waals surface area (Å²) in [6, 6.07) is 0. The zero-order chi connectivity index (χ0) is 4.50. The van der Waals surface area contributed by atoms with E-state index in [1.807, 2.05) is 0 Å². The molecule has 0 aliphatic carbocycles. The molecule has 4 nitrogen and oxygen atoms in total. The van der Waals surface area contributed by atoms with E-state index in [-0.39, 0.29) is 51.5 Å². The standard InChI is InChI=1S/3FH.Li.H3O4P.V/c;;;;1-5(2,3)4;/h3*1H;;(H3,1,2,3,4);/q;;;+1;;/p-6. The first-order valence-electron chi connectivity index (χ1n) is 0.730. The second-order valence-electron chi connectivity index (χ2n) is 0.447. The van der Waals surface area contributed by atoms with Crippen LogP contribution in [0.25, 0.3) is 0 Å². The quantitative estimate of drug-likeness (QED) is 0.293. The molecule has 1 radical (unpaired) electrons. The molecule has 0 unspecified atom stereocenters. The second kappa shape index (κ2) is 16.6. The van der Waals surface area contributed by atoms with Gasteiger partial charge in [-0.05, 0) is 0 Å². The molecule has 0 amide bonds. The average molecular weight is 210 g/mol. The number of hydrogen-bond donors (Lipinski definition) is 0. The molecule has 0 rings (SSSR count). The Morgan fingerprint density at radius 1 is 0.900 bits per heavy atom. The second-order valence-corrected chi connectivity index (χ2v) is 1.34. The minimum atomic E-state index is -5.39. The van der Waals surface area contributed by atoms with Crippen molar-refractivity contribution < 1.29 is 70.8 Å². The van der Waals surface area contributed by atoms with Gasteiger partial charge in [-0.25, -0.2) is 0 Å². The van der Waals surface area contributed by atoms with Crippen molar-refractivity contribution in [3.63, 3.8) is 0 Å². The fourth-order valence-electron chi connectivity index (χ4n) is 0. The molecule has 0 saturated carbocycles. The van der Waals surface area contributed by atoms with E-state index in [1.54, 1.807) is 0 Å². The van der Waals surface area contributed by atoms with Gasteiger partial charge in [0.25, 0.3) is 0 Å². The molecular formula is F3LiO4PV-5. The summed E-state index contributed by atoms with van der Waals surface area (Å²) in [7, 11) is -5.39. The summed E-state index contributed by atoms with van der Waals surface area (Å²) in [6.07, 6.45) is 0. The third-order valence-electron chi connectivity index (χ3n) is 0. The van der Waals surface area contributed by atoms with E-state index in [1.165, 1.54) is 0 Å². The number of rotatable bonds is 0. The van der Waals surface area contributed by atoms with Gasteiger partial charge in [-0.1, -0.05) is 0 Å². The van der Waals surface area contributed by atoms with Crippen LogP contribution in [0, 0.1) is 0 Å². The van der Waals surface area contributed by atoms with Crippen LogP contribution in [0.5, 0.6) is 0 Å². The van der Waals surface area contributed by atoms with Crippen LogP contribution in [-0.2, 0) is 23.1 Å². The van der Waals surface area contributed by atoms with Crippen molar-refractivity contribution in [3.05, 3.63) is 0 Å². The summed E-state index contributed by atoms with van der Waals surface area (Å²) < 4.78 is 8.55. The summed E-state index contributed by atoms with van der Waals surface area (Å²) >= 11 is 0. The molecule has 10 heteroatoms. The molecule has 0 saturated heterocycles. The zero-order valence-electron chi connectivity index (χ0n) is 4.66. The molecule has 0 fully saturated rings. The average Bonchev–Trinajstić information content (AvgIpc) is 0.722. The van der Waals surface area contributed by atoms with Gasteiger partial charge in [-0.3, -0.25) is 0 Å². The molecule has 0 aromatic carbocycles. The number of hydrogen-bond acceptors (Lipinski definition) is 4. The van der Waals surface area contributed by atoms with E-state index in [9.17, 15) is 0 Å². The number of halogens is 3. The van der Waals surface area contributed by atoms with Crippen molar-refractivity contribution in [1.82, 2.24) is 0 Å². The van der Waals surface area contributed by atoms with Crippen LogP contribution in [-0.4, -0.2) is 0 Å². The zero-order valence-corrected chi connectivity index (χ0v) is 6.95. The Morgan fingerprint density at radius 2 is 0.900 bits per heavy atom. The topological polar surface area (TPSA) is 86.2 Å². The summed E-state index contributed by atoms with van der Waals surface area (Å²) in [5, 5.41) is 0. The van der Waals surface area contributed by atoms with Gasteiger partial charge < -0.3 is 33.4 Å². The molecule has 0 spiro atoms. The third-order valence-corrected chi connectivity index (χ3v) is 0. The van der Waals surface area contributed by atoms with Gasteiger partial charge in [0.05, 0.1) is 0 Å². The van der Waals surface area contributed by atoms with Crippen molar-refractivity contribution >= 4 is 7.82 Å². The fraction of sp³-hybridized carbons (Fsp3) is 0. The predicted octanol–water partition coefficient (Wildman–Crippen LogP) is -14.8. The van der Waals surface area contributed by atoms with Crippen molar-refractivity contribution in [2.45, 2.75) is 0 Å². The minimum absolute atomic E-state index is 0. The van der Waals surface area contributed by atoms with E-state index < -0.39 is 7.82 Å². The van der Waals surface area contributed by atoms with Gasteiger partial charge >= 0.3 is 18.9 Å². The Balaban J connectivity index is -0.00000000800. The summed E-state index contributed by atoms with van der Waals surface area (Å²) in [5.74, 6) is 0. The first kappa shape index (κ1) is 43.6. The Morgan fingerprint density at radius 3 is 0.900 bits per heavy atom. The molecule has 0 bridgehead atoms. The molecule has 0 aliphatic rings. The first-order valence-corrected chi connectivity index (χ1v) is 2.19. The van der Waals surface area contributed by atoms with Gasteiger partial charge in [-0.2, -0.15) is 7.82 Å². The van der Waals surface area contributed by atoms with Crippen LogP contribution >= 0.6 is 7.82 Å². The number of phosphoric acid groups is 1. The minimum Gasteiger partial charge on any atom is -1.00 e. The predicted molar refractivity (Wildman–Crippen MR) is 7.61 cm³/mol. The summed E-state index contributed by atoms with van der Waals surface area (Å²) in [5.41, 5.74) is 0. The molecule has 0 N–H and O–H groups in total. The van der Waals surface area contributed by atoms with Gasteiger partial charge in [0.1, 0.15) is 0 Å². The van der Waals surface area contributed by atoms with Gasteiger partial charge in [-0.15, -0.1) is 0 Å². The maximum atomic E-state index is 8.55. The van der Waals surface area contributed by atoms with Gasteiger partial charge in [0, 0.05) is 18.6 Å². The van der Waals surface area contributed by atoms with Crippen LogP contribution in [0.2, 0.25) is 0 Å². The van der Waals surface area contributed by atoms with Crippen molar-refractivity contribution in [1.29, 1.82) is 0 Å². The molecule has 0 atom stereocenters. The fourth-order valence-corrected chi connectivity index (χ4v) is 0. The molecule has 0 aromatic heterocycles. The maximum absolute atomic E-state index is 8.55. The van der Waals surface area contributed by atoms with E-state index in [0.29, 0.717) is 0 Å². The first-order chi connectivity index (χ1) is 2.00. The maximum Gasteiger partial charge on any atom is 1.00 e. The summed E-state index contributed by atoms with van der Waals surface area (Å²) in [6.45, 7) is 0. The largest absolute Gasteiger partial charge is 1.00 e. The van der Waals surface area contributed by atoms with E-state index in [0.717, 1.165) is 0 Å². The van der Waals surface area contributed by atoms with E-state index in [2.05, 4.69) is 0 Å².